The van der Waals surface area contributed by atoms with E-state index in [9.17, 15) is 9.18 Å². The third-order valence-electron chi connectivity index (χ3n) is 4.08. The molecule has 0 saturated carbocycles. The Morgan fingerprint density at radius 3 is 2.56 bits per heavy atom. The van der Waals surface area contributed by atoms with E-state index >= 15 is 0 Å². The Kier molecular flexibility index (Phi) is 5.76. The zero-order chi connectivity index (χ0) is 19.2. The van der Waals surface area contributed by atoms with E-state index in [-0.39, 0.29) is 17.4 Å². The molecule has 3 rings (SSSR count). The van der Waals surface area contributed by atoms with Crippen LogP contribution in [0.1, 0.15) is 41.4 Å². The second kappa shape index (κ2) is 8.40. The number of benzene rings is 2. The first kappa shape index (κ1) is 18.5. The fraction of sp³-hybridized carbons (Fsp3) is 0.190. The molecule has 0 bridgehead atoms. The summed E-state index contributed by atoms with van der Waals surface area (Å²) in [6.07, 6.45) is 1.53. The summed E-state index contributed by atoms with van der Waals surface area (Å²) in [4.78, 5) is 21.0. The Morgan fingerprint density at radius 2 is 1.81 bits per heavy atom. The summed E-state index contributed by atoms with van der Waals surface area (Å²) in [5.41, 5.74) is 3.00. The smallest absolute Gasteiger partial charge is 0.274 e. The van der Waals surface area contributed by atoms with E-state index in [2.05, 4.69) is 34.4 Å². The van der Waals surface area contributed by atoms with Crippen molar-refractivity contribution in [1.29, 1.82) is 0 Å². The van der Waals surface area contributed by atoms with Gasteiger partial charge in [-0.1, -0.05) is 44.2 Å². The number of nitrogens with zero attached hydrogens (tertiary/aromatic N) is 2. The van der Waals surface area contributed by atoms with Crippen LogP contribution in [0, 0.1) is 5.82 Å². The molecule has 0 unspecified atom stereocenters. The first-order chi connectivity index (χ1) is 13.0. The number of carbonyl (C=O) groups is 1. The number of carbonyl (C=O) groups excluding carboxylic acids is 1. The molecule has 0 fully saturated rings. The molecule has 0 aliphatic heterocycles. The van der Waals surface area contributed by atoms with Gasteiger partial charge in [-0.3, -0.25) is 4.79 Å². The monoisotopic (exact) mass is 364 g/mol. The number of para-hydroxylation sites is 1. The highest BCUT2D eigenvalue weighted by molar-refractivity contribution is 6.03. The van der Waals surface area contributed by atoms with Gasteiger partial charge in [0, 0.05) is 18.4 Å². The van der Waals surface area contributed by atoms with Gasteiger partial charge in [-0.05, 0) is 41.3 Å². The molecule has 5 nitrogen and oxygen atoms in total. The van der Waals surface area contributed by atoms with Crippen LogP contribution < -0.4 is 10.6 Å². The van der Waals surface area contributed by atoms with Gasteiger partial charge in [0.1, 0.15) is 11.5 Å². The molecule has 6 heteroatoms. The maximum Gasteiger partial charge on any atom is 0.274 e. The molecule has 1 amide bonds. The van der Waals surface area contributed by atoms with E-state index in [1.165, 1.54) is 18.3 Å². The first-order valence-corrected chi connectivity index (χ1v) is 8.74. The van der Waals surface area contributed by atoms with Gasteiger partial charge < -0.3 is 10.6 Å². The standard InChI is InChI=1S/C21H21FN4O/c1-14(2)17-5-3-4-6-18(17)25-20(27)19-11-12-23-21(26-19)24-13-15-7-9-16(22)10-8-15/h3-12,14H,13H2,1-2H3,(H,25,27)(H,23,24,26). The molecule has 0 atom stereocenters. The number of anilines is 2. The summed E-state index contributed by atoms with van der Waals surface area (Å²) in [5, 5.41) is 5.96. The van der Waals surface area contributed by atoms with E-state index in [0.29, 0.717) is 18.4 Å². The number of hydrogen-bond acceptors (Lipinski definition) is 4. The molecule has 0 saturated heterocycles. The highest BCUT2D eigenvalue weighted by Gasteiger charge is 2.12. The van der Waals surface area contributed by atoms with Gasteiger partial charge >= 0.3 is 0 Å². The van der Waals surface area contributed by atoms with E-state index in [1.54, 1.807) is 18.2 Å². The van der Waals surface area contributed by atoms with Crippen LogP contribution in [0.15, 0.2) is 60.8 Å². The molecular weight excluding hydrogens is 343 g/mol. The van der Waals surface area contributed by atoms with Gasteiger partial charge in [0.05, 0.1) is 0 Å². The predicted octanol–water partition coefficient (Wildman–Crippen LogP) is 4.60. The zero-order valence-corrected chi connectivity index (χ0v) is 15.2. The van der Waals surface area contributed by atoms with Crippen molar-refractivity contribution in [2.75, 3.05) is 10.6 Å². The van der Waals surface area contributed by atoms with Gasteiger partial charge in [0.2, 0.25) is 5.95 Å². The van der Waals surface area contributed by atoms with Crippen LogP contribution in [-0.4, -0.2) is 15.9 Å². The fourth-order valence-electron chi connectivity index (χ4n) is 2.65. The number of nitrogens with one attached hydrogen (secondary N) is 2. The SMILES string of the molecule is CC(C)c1ccccc1NC(=O)c1ccnc(NCc2ccc(F)cc2)n1. The Labute approximate surface area is 157 Å². The summed E-state index contributed by atoms with van der Waals surface area (Å²) in [6.45, 7) is 4.59. The van der Waals surface area contributed by atoms with Crippen molar-refractivity contribution in [3.05, 3.63) is 83.4 Å². The normalized spacial score (nSPS) is 10.7. The van der Waals surface area contributed by atoms with Gasteiger partial charge in [-0.25, -0.2) is 14.4 Å². The molecule has 1 aromatic heterocycles. The number of hydrogen-bond donors (Lipinski definition) is 2. The molecule has 3 aromatic rings. The van der Waals surface area contributed by atoms with Crippen molar-refractivity contribution < 1.29 is 9.18 Å². The largest absolute Gasteiger partial charge is 0.350 e. The summed E-state index contributed by atoms with van der Waals surface area (Å²) in [5.74, 6) is 0.0506. The van der Waals surface area contributed by atoms with Gasteiger partial charge in [-0.15, -0.1) is 0 Å². The average Bonchev–Trinajstić information content (AvgIpc) is 2.68. The number of rotatable bonds is 6. The molecule has 2 N–H and O–H groups in total. The molecule has 138 valence electrons. The summed E-state index contributed by atoms with van der Waals surface area (Å²) >= 11 is 0. The molecule has 27 heavy (non-hydrogen) atoms. The Bertz CT molecular complexity index is 925. The molecule has 2 aromatic carbocycles. The van der Waals surface area contributed by atoms with Crippen molar-refractivity contribution in [1.82, 2.24) is 9.97 Å². The van der Waals surface area contributed by atoms with Crippen LogP contribution in [0.2, 0.25) is 0 Å². The summed E-state index contributed by atoms with van der Waals surface area (Å²) < 4.78 is 13.0. The molecule has 0 aliphatic carbocycles. The van der Waals surface area contributed by atoms with Crippen molar-refractivity contribution in [2.24, 2.45) is 0 Å². The lowest BCUT2D eigenvalue weighted by Crippen LogP contribution is -2.16. The zero-order valence-electron chi connectivity index (χ0n) is 15.2. The van der Waals surface area contributed by atoms with Gasteiger partial charge in [0.15, 0.2) is 0 Å². The van der Waals surface area contributed by atoms with Gasteiger partial charge in [-0.2, -0.15) is 0 Å². The number of halogens is 1. The van der Waals surface area contributed by atoms with Crippen molar-refractivity contribution in [3.63, 3.8) is 0 Å². The third-order valence-corrected chi connectivity index (χ3v) is 4.08. The van der Waals surface area contributed by atoms with Crippen molar-refractivity contribution in [3.8, 4) is 0 Å². The molecule has 1 heterocycles. The Balaban J connectivity index is 1.69. The Morgan fingerprint density at radius 1 is 1.07 bits per heavy atom. The van der Waals surface area contributed by atoms with Crippen molar-refractivity contribution >= 4 is 17.5 Å². The van der Waals surface area contributed by atoms with Crippen LogP contribution in [-0.2, 0) is 6.54 Å². The second-order valence-electron chi connectivity index (χ2n) is 6.44. The van der Waals surface area contributed by atoms with Crippen LogP contribution in [0.25, 0.3) is 0 Å². The van der Waals surface area contributed by atoms with E-state index < -0.39 is 0 Å². The fourth-order valence-corrected chi connectivity index (χ4v) is 2.65. The second-order valence-corrected chi connectivity index (χ2v) is 6.44. The average molecular weight is 364 g/mol. The van der Waals surface area contributed by atoms with Crippen LogP contribution in [0.5, 0.6) is 0 Å². The number of aromatic nitrogens is 2. The minimum atomic E-state index is -0.296. The summed E-state index contributed by atoms with van der Waals surface area (Å²) in [6, 6.07) is 15.4. The first-order valence-electron chi connectivity index (χ1n) is 8.74. The molecule has 0 aliphatic rings. The van der Waals surface area contributed by atoms with Crippen LogP contribution >= 0.6 is 0 Å². The lowest BCUT2D eigenvalue weighted by molar-refractivity contribution is 0.102. The molecular formula is C21H21FN4O. The lowest BCUT2D eigenvalue weighted by Gasteiger charge is -2.13. The quantitative estimate of drug-likeness (QED) is 0.671. The molecule has 0 spiro atoms. The Hall–Kier alpha value is -3.28. The highest BCUT2D eigenvalue weighted by Crippen LogP contribution is 2.24. The topological polar surface area (TPSA) is 66.9 Å². The van der Waals surface area contributed by atoms with E-state index in [1.807, 2.05) is 24.3 Å². The van der Waals surface area contributed by atoms with E-state index in [0.717, 1.165) is 16.8 Å². The summed E-state index contributed by atoms with van der Waals surface area (Å²) in [7, 11) is 0. The number of amides is 1. The highest BCUT2D eigenvalue weighted by atomic mass is 19.1. The predicted molar refractivity (Wildman–Crippen MR) is 104 cm³/mol. The van der Waals surface area contributed by atoms with Gasteiger partial charge in [0.25, 0.3) is 5.91 Å². The van der Waals surface area contributed by atoms with Crippen LogP contribution in [0.3, 0.4) is 0 Å². The minimum absolute atomic E-state index is 0.269. The lowest BCUT2D eigenvalue weighted by atomic mass is 10.0. The maximum atomic E-state index is 13.0. The van der Waals surface area contributed by atoms with Crippen molar-refractivity contribution in [2.45, 2.75) is 26.3 Å². The maximum absolute atomic E-state index is 13.0. The minimum Gasteiger partial charge on any atom is -0.350 e. The van der Waals surface area contributed by atoms with Crippen LogP contribution in [0.4, 0.5) is 16.0 Å². The van der Waals surface area contributed by atoms with E-state index in [4.69, 9.17) is 0 Å². The third kappa shape index (κ3) is 4.88. The molecule has 0 radical (unpaired) electrons.